The Hall–Kier alpha value is -1.06. The molecule has 4 nitrogen and oxygen atoms in total. The van der Waals surface area contributed by atoms with Crippen LogP contribution in [-0.2, 0) is 4.79 Å². The Kier molecular flexibility index (Phi) is 4.54. The Bertz CT molecular complexity index is 283. The van der Waals surface area contributed by atoms with Gasteiger partial charge >= 0.3 is 6.09 Å². The van der Waals surface area contributed by atoms with Crippen molar-refractivity contribution in [2.45, 2.75) is 52.5 Å². The first-order valence-electron chi connectivity index (χ1n) is 6.29. The molecule has 1 aliphatic rings. The minimum atomic E-state index is -0.821. The second kappa shape index (κ2) is 5.52. The molecule has 98 valence electrons. The smallest absolute Gasteiger partial charge is 0.407 e. The fourth-order valence-corrected chi connectivity index (χ4v) is 2.65. The van der Waals surface area contributed by atoms with Crippen LogP contribution in [-0.4, -0.2) is 35.0 Å². The van der Waals surface area contributed by atoms with E-state index in [4.69, 9.17) is 0 Å². The molecule has 0 aromatic heterocycles. The van der Waals surface area contributed by atoms with Crippen LogP contribution in [0, 0.1) is 11.3 Å². The summed E-state index contributed by atoms with van der Waals surface area (Å²) in [6.45, 7) is 6.84. The molecule has 4 heteroatoms. The summed E-state index contributed by atoms with van der Waals surface area (Å²) in [6.07, 6.45) is 3.38. The van der Waals surface area contributed by atoms with E-state index in [1.807, 2.05) is 0 Å². The van der Waals surface area contributed by atoms with Crippen molar-refractivity contribution in [1.29, 1.82) is 0 Å². The van der Waals surface area contributed by atoms with Gasteiger partial charge in [-0.3, -0.25) is 0 Å². The zero-order valence-electron chi connectivity index (χ0n) is 11.0. The second-order valence-electron chi connectivity index (χ2n) is 5.99. The van der Waals surface area contributed by atoms with Crippen LogP contribution in [0.25, 0.3) is 0 Å². The van der Waals surface area contributed by atoms with E-state index in [1.165, 1.54) is 0 Å². The Labute approximate surface area is 103 Å². The van der Waals surface area contributed by atoms with Gasteiger partial charge in [0.25, 0.3) is 0 Å². The van der Waals surface area contributed by atoms with E-state index < -0.39 is 6.09 Å². The number of amides is 1. The molecule has 2 unspecified atom stereocenters. The first kappa shape index (κ1) is 14.0. The minimum Gasteiger partial charge on any atom is -0.465 e. The molecule has 1 N–H and O–H groups in total. The fraction of sp³-hybridized carbons (Fsp3) is 0.846. The molecular weight excluding hydrogens is 218 g/mol. The van der Waals surface area contributed by atoms with Gasteiger partial charge in [0.05, 0.1) is 0 Å². The number of likely N-dealkylation sites (tertiary alicyclic amines) is 1. The highest BCUT2D eigenvalue weighted by atomic mass is 16.4. The summed E-state index contributed by atoms with van der Waals surface area (Å²) in [5.74, 6) is 0.486. The number of aldehydes is 1. The first-order chi connectivity index (χ1) is 7.86. The van der Waals surface area contributed by atoms with Crippen LogP contribution < -0.4 is 0 Å². The quantitative estimate of drug-likeness (QED) is 0.773. The van der Waals surface area contributed by atoms with Crippen molar-refractivity contribution in [3.8, 4) is 0 Å². The zero-order valence-corrected chi connectivity index (χ0v) is 11.0. The van der Waals surface area contributed by atoms with Crippen molar-refractivity contribution in [3.63, 3.8) is 0 Å². The molecule has 1 amide bonds. The highest BCUT2D eigenvalue weighted by Crippen LogP contribution is 2.35. The summed E-state index contributed by atoms with van der Waals surface area (Å²) in [5, 5.41) is 9.20. The number of carbonyl (C=O) groups is 2. The summed E-state index contributed by atoms with van der Waals surface area (Å²) in [4.78, 5) is 23.2. The van der Waals surface area contributed by atoms with Crippen molar-refractivity contribution in [2.75, 3.05) is 6.54 Å². The first-order valence-corrected chi connectivity index (χ1v) is 6.29. The van der Waals surface area contributed by atoms with E-state index in [1.54, 1.807) is 4.90 Å². The molecule has 0 spiro atoms. The van der Waals surface area contributed by atoms with Gasteiger partial charge in [0.1, 0.15) is 6.29 Å². The highest BCUT2D eigenvalue weighted by molar-refractivity contribution is 5.65. The number of rotatable bonds is 3. The van der Waals surface area contributed by atoms with Crippen molar-refractivity contribution >= 4 is 12.4 Å². The molecule has 1 aliphatic heterocycles. The van der Waals surface area contributed by atoms with Crippen LogP contribution in [0.2, 0.25) is 0 Å². The van der Waals surface area contributed by atoms with Gasteiger partial charge in [-0.1, -0.05) is 20.8 Å². The number of nitrogens with zero attached hydrogens (tertiary/aromatic N) is 1. The third-order valence-electron chi connectivity index (χ3n) is 3.65. The SMILES string of the molecule is CC(C)(C)C1CC(CCC=O)CCN1C(=O)O. The lowest BCUT2D eigenvalue weighted by atomic mass is 9.76. The number of hydrogen-bond donors (Lipinski definition) is 1. The molecule has 0 saturated carbocycles. The molecule has 17 heavy (non-hydrogen) atoms. The molecule has 1 rings (SSSR count). The van der Waals surface area contributed by atoms with Crippen molar-refractivity contribution in [2.24, 2.45) is 11.3 Å². The average molecular weight is 241 g/mol. The van der Waals surface area contributed by atoms with E-state index in [0.717, 1.165) is 25.5 Å². The van der Waals surface area contributed by atoms with E-state index in [2.05, 4.69) is 20.8 Å². The molecular formula is C13H23NO3. The Balaban J connectivity index is 2.70. The topological polar surface area (TPSA) is 57.6 Å². The standard InChI is InChI=1S/C13H23NO3/c1-13(2,3)11-9-10(5-4-8-15)6-7-14(11)12(16)17/h8,10-11H,4-7,9H2,1-3H3,(H,16,17). The van der Waals surface area contributed by atoms with E-state index >= 15 is 0 Å². The van der Waals surface area contributed by atoms with Gasteiger partial charge in [0.15, 0.2) is 0 Å². The molecule has 1 fully saturated rings. The van der Waals surface area contributed by atoms with Crippen LogP contribution in [0.3, 0.4) is 0 Å². The maximum Gasteiger partial charge on any atom is 0.407 e. The van der Waals surface area contributed by atoms with Gasteiger partial charge in [-0.05, 0) is 30.6 Å². The number of hydrogen-bond acceptors (Lipinski definition) is 2. The lowest BCUT2D eigenvalue weighted by Gasteiger charge is -2.44. The monoisotopic (exact) mass is 241 g/mol. The molecule has 1 heterocycles. The maximum absolute atomic E-state index is 11.2. The summed E-state index contributed by atoms with van der Waals surface area (Å²) >= 11 is 0. The predicted molar refractivity (Wildman–Crippen MR) is 66.0 cm³/mol. The molecule has 0 radical (unpaired) electrons. The van der Waals surface area contributed by atoms with Gasteiger partial charge in [0.2, 0.25) is 0 Å². The van der Waals surface area contributed by atoms with Crippen LogP contribution in [0.4, 0.5) is 4.79 Å². The molecule has 0 aliphatic carbocycles. The zero-order chi connectivity index (χ0) is 13.1. The highest BCUT2D eigenvalue weighted by Gasteiger charge is 2.38. The van der Waals surface area contributed by atoms with Gasteiger partial charge in [-0.15, -0.1) is 0 Å². The van der Waals surface area contributed by atoms with Crippen LogP contribution in [0.1, 0.15) is 46.5 Å². The Morgan fingerprint density at radius 2 is 2.12 bits per heavy atom. The van der Waals surface area contributed by atoms with E-state index in [9.17, 15) is 14.7 Å². The Morgan fingerprint density at radius 3 is 2.59 bits per heavy atom. The van der Waals surface area contributed by atoms with Crippen LogP contribution >= 0.6 is 0 Å². The minimum absolute atomic E-state index is 0.0434. The number of piperidine rings is 1. The van der Waals surface area contributed by atoms with Crippen LogP contribution in [0.15, 0.2) is 0 Å². The third-order valence-corrected chi connectivity index (χ3v) is 3.65. The molecule has 0 aromatic rings. The predicted octanol–water partition coefficient (Wildman–Crippen LogP) is 2.77. The maximum atomic E-state index is 11.2. The lowest BCUT2D eigenvalue weighted by Crippen LogP contribution is -2.51. The second-order valence-corrected chi connectivity index (χ2v) is 5.99. The molecule has 2 atom stereocenters. The van der Waals surface area contributed by atoms with Crippen molar-refractivity contribution in [1.82, 2.24) is 4.90 Å². The summed E-state index contributed by atoms with van der Waals surface area (Å²) in [6, 6.07) is 0.0606. The normalized spacial score (nSPS) is 25.7. The molecule has 1 saturated heterocycles. The lowest BCUT2D eigenvalue weighted by molar-refractivity contribution is -0.108. The molecule has 0 aromatic carbocycles. The van der Waals surface area contributed by atoms with Crippen molar-refractivity contribution in [3.05, 3.63) is 0 Å². The largest absolute Gasteiger partial charge is 0.465 e. The average Bonchev–Trinajstić information content (AvgIpc) is 2.24. The fourth-order valence-electron chi connectivity index (χ4n) is 2.65. The number of carboxylic acid groups (broad SMARTS) is 1. The third kappa shape index (κ3) is 3.72. The van der Waals surface area contributed by atoms with Crippen LogP contribution in [0.5, 0.6) is 0 Å². The van der Waals surface area contributed by atoms with E-state index in [-0.39, 0.29) is 11.5 Å². The summed E-state index contributed by atoms with van der Waals surface area (Å²) < 4.78 is 0. The number of carbonyl (C=O) groups excluding carboxylic acids is 1. The van der Waals surface area contributed by atoms with Crippen molar-refractivity contribution < 1.29 is 14.7 Å². The van der Waals surface area contributed by atoms with Gasteiger partial charge in [-0.2, -0.15) is 0 Å². The Morgan fingerprint density at radius 1 is 1.47 bits per heavy atom. The molecule has 0 bridgehead atoms. The van der Waals surface area contributed by atoms with E-state index in [0.29, 0.717) is 18.9 Å². The van der Waals surface area contributed by atoms with Gasteiger partial charge in [-0.25, -0.2) is 4.79 Å². The van der Waals surface area contributed by atoms with Gasteiger partial charge in [0, 0.05) is 19.0 Å². The van der Waals surface area contributed by atoms with Gasteiger partial charge < -0.3 is 14.8 Å². The summed E-state index contributed by atoms with van der Waals surface area (Å²) in [5.41, 5.74) is -0.0434. The summed E-state index contributed by atoms with van der Waals surface area (Å²) in [7, 11) is 0.